The van der Waals surface area contributed by atoms with Gasteiger partial charge in [0.2, 0.25) is 0 Å². The number of hydrogen-bond donors (Lipinski definition) is 0. The van der Waals surface area contributed by atoms with Crippen molar-refractivity contribution < 1.29 is 39.5 Å². The average molecular weight is 543 g/mol. The lowest BCUT2D eigenvalue weighted by atomic mass is 10.1. The largest absolute Gasteiger partial charge is 0.573 e. The highest BCUT2D eigenvalue weighted by Gasteiger charge is 2.32. The Bertz CT molecular complexity index is 1650. The molecule has 194 valence electrons. The third-order valence-corrected chi connectivity index (χ3v) is 7.00. The molecule has 0 aliphatic rings. The summed E-state index contributed by atoms with van der Waals surface area (Å²) in [6, 6.07) is 9.43. The average Bonchev–Trinajstić information content (AvgIpc) is 2.82. The molecule has 0 aliphatic carbocycles. The molecule has 0 radical (unpaired) electrons. The number of fused-ring (bicyclic) bond motifs is 1. The fraction of sp³-hybridized carbons (Fsp3) is 0.174. The van der Waals surface area contributed by atoms with Crippen LogP contribution in [0.3, 0.4) is 0 Å². The number of sulfone groups is 1. The van der Waals surface area contributed by atoms with Gasteiger partial charge in [-0.05, 0) is 54.6 Å². The van der Waals surface area contributed by atoms with Crippen molar-refractivity contribution >= 4 is 20.6 Å². The number of rotatable bonds is 5. The molecule has 0 amide bonds. The van der Waals surface area contributed by atoms with E-state index in [1.807, 2.05) is 0 Å². The maximum absolute atomic E-state index is 13.1. The van der Waals surface area contributed by atoms with Gasteiger partial charge in [0.15, 0.2) is 15.7 Å². The molecule has 4 rings (SSSR count). The van der Waals surface area contributed by atoms with Crippen LogP contribution >= 0.6 is 0 Å². The molecule has 2 heterocycles. The van der Waals surface area contributed by atoms with Crippen LogP contribution in [0, 0.1) is 0 Å². The van der Waals surface area contributed by atoms with E-state index in [2.05, 4.69) is 14.8 Å². The van der Waals surface area contributed by atoms with Crippen LogP contribution in [0.5, 0.6) is 5.75 Å². The number of hydrogen-bond acceptors (Lipinski definition) is 6. The maximum atomic E-state index is 13.1. The molecule has 37 heavy (non-hydrogen) atoms. The van der Waals surface area contributed by atoms with Crippen LogP contribution in [-0.4, -0.2) is 35.3 Å². The smallest absolute Gasteiger partial charge is 0.406 e. The van der Waals surface area contributed by atoms with Gasteiger partial charge in [-0.1, -0.05) is 6.92 Å². The van der Waals surface area contributed by atoms with Crippen LogP contribution in [0.15, 0.2) is 70.5 Å². The summed E-state index contributed by atoms with van der Waals surface area (Å²) < 4.78 is 106. The predicted octanol–water partition coefficient (Wildman–Crippen LogP) is 5.16. The second-order valence-electron chi connectivity index (χ2n) is 7.66. The van der Waals surface area contributed by atoms with Crippen LogP contribution in [0.4, 0.5) is 26.3 Å². The Balaban J connectivity index is 1.88. The van der Waals surface area contributed by atoms with E-state index in [1.165, 1.54) is 31.2 Å². The summed E-state index contributed by atoms with van der Waals surface area (Å²) in [6.45, 7) is 1.36. The standard InChI is InChI=1S/C23H15F6N3O4S/c1-2-37(34,35)19-10-9-18(13-3-6-16(7-4-13)36-23(27,28)29)31-20(19)32-21(33)17-8-5-15(22(24,25)26)11-14(17)12-30-32/h3-12H,2H2,1H3. The molecule has 0 fully saturated rings. The highest BCUT2D eigenvalue weighted by Crippen LogP contribution is 2.31. The van der Waals surface area contributed by atoms with Gasteiger partial charge < -0.3 is 4.74 Å². The molecule has 0 bridgehead atoms. The van der Waals surface area contributed by atoms with E-state index in [1.54, 1.807) is 0 Å². The second kappa shape index (κ2) is 9.18. The Hall–Kier alpha value is -3.94. The number of benzene rings is 2. The van der Waals surface area contributed by atoms with E-state index in [-0.39, 0.29) is 32.7 Å². The number of alkyl halides is 6. The Morgan fingerprint density at radius 2 is 1.62 bits per heavy atom. The minimum Gasteiger partial charge on any atom is -0.406 e. The third-order valence-electron chi connectivity index (χ3n) is 5.25. The molecule has 14 heteroatoms. The molecule has 0 saturated carbocycles. The minimum absolute atomic E-state index is 0.0878. The lowest BCUT2D eigenvalue weighted by molar-refractivity contribution is -0.274. The topological polar surface area (TPSA) is 91.2 Å². The summed E-state index contributed by atoms with van der Waals surface area (Å²) in [4.78, 5) is 17.0. The van der Waals surface area contributed by atoms with Gasteiger partial charge in [0, 0.05) is 10.9 Å². The Morgan fingerprint density at radius 3 is 2.22 bits per heavy atom. The van der Waals surface area contributed by atoms with Gasteiger partial charge >= 0.3 is 12.5 Å². The van der Waals surface area contributed by atoms with Crippen LogP contribution in [0.25, 0.3) is 27.8 Å². The SMILES string of the molecule is CCS(=O)(=O)c1ccc(-c2ccc(OC(F)(F)F)cc2)nc1-n1ncc2cc(C(F)(F)F)ccc2c1=O. The normalized spacial score (nSPS) is 12.6. The highest BCUT2D eigenvalue weighted by atomic mass is 32.2. The number of pyridine rings is 1. The van der Waals surface area contributed by atoms with Gasteiger partial charge in [-0.15, -0.1) is 13.2 Å². The van der Waals surface area contributed by atoms with Crippen molar-refractivity contribution in [2.75, 3.05) is 5.75 Å². The van der Waals surface area contributed by atoms with Crippen molar-refractivity contribution in [1.82, 2.24) is 14.8 Å². The molecular formula is C23H15F6N3O4S. The molecule has 0 N–H and O–H groups in total. The first-order valence-corrected chi connectivity index (χ1v) is 12.0. The monoisotopic (exact) mass is 543 g/mol. The molecule has 0 spiro atoms. The summed E-state index contributed by atoms with van der Waals surface area (Å²) in [5.41, 5.74) is -1.56. The number of halogens is 6. The van der Waals surface area contributed by atoms with Gasteiger partial charge in [0.05, 0.1) is 28.6 Å². The highest BCUT2D eigenvalue weighted by molar-refractivity contribution is 7.91. The zero-order valence-electron chi connectivity index (χ0n) is 18.6. The lowest BCUT2D eigenvalue weighted by Gasteiger charge is -2.13. The third kappa shape index (κ3) is 5.43. The first-order chi connectivity index (χ1) is 17.2. The van der Waals surface area contributed by atoms with Gasteiger partial charge in [-0.25, -0.2) is 13.4 Å². The Kier molecular flexibility index (Phi) is 6.48. The van der Waals surface area contributed by atoms with Gasteiger partial charge in [0.1, 0.15) is 10.6 Å². The molecule has 0 unspecified atom stereocenters. The number of aromatic nitrogens is 3. The summed E-state index contributed by atoms with van der Waals surface area (Å²) in [6.07, 6.45) is -8.57. The van der Waals surface area contributed by atoms with E-state index in [0.29, 0.717) is 10.7 Å². The van der Waals surface area contributed by atoms with E-state index >= 15 is 0 Å². The summed E-state index contributed by atoms with van der Waals surface area (Å²) in [5.74, 6) is -1.27. The fourth-order valence-corrected chi connectivity index (χ4v) is 4.45. The Labute approximate surface area is 204 Å². The molecule has 2 aromatic heterocycles. The van der Waals surface area contributed by atoms with Gasteiger partial charge in [0.25, 0.3) is 5.56 Å². The van der Waals surface area contributed by atoms with Crippen molar-refractivity contribution in [3.63, 3.8) is 0 Å². The number of nitrogens with zero attached hydrogens (tertiary/aromatic N) is 3. The van der Waals surface area contributed by atoms with Crippen LogP contribution in [0.1, 0.15) is 12.5 Å². The molecule has 0 aliphatic heterocycles. The van der Waals surface area contributed by atoms with Gasteiger partial charge in [-0.3, -0.25) is 4.79 Å². The van der Waals surface area contributed by atoms with Crippen LogP contribution in [0.2, 0.25) is 0 Å². The van der Waals surface area contributed by atoms with Gasteiger partial charge in [-0.2, -0.15) is 23.0 Å². The van der Waals surface area contributed by atoms with E-state index in [9.17, 15) is 39.6 Å². The van der Waals surface area contributed by atoms with Crippen molar-refractivity contribution in [2.24, 2.45) is 0 Å². The minimum atomic E-state index is -4.90. The Morgan fingerprint density at radius 1 is 0.946 bits per heavy atom. The van der Waals surface area contributed by atoms with Crippen molar-refractivity contribution in [2.45, 2.75) is 24.4 Å². The summed E-state index contributed by atoms with van der Waals surface area (Å²) >= 11 is 0. The zero-order valence-corrected chi connectivity index (χ0v) is 19.4. The van der Waals surface area contributed by atoms with Crippen LogP contribution < -0.4 is 10.3 Å². The van der Waals surface area contributed by atoms with E-state index in [4.69, 9.17) is 0 Å². The molecule has 0 saturated heterocycles. The zero-order chi connectivity index (χ0) is 27.2. The van der Waals surface area contributed by atoms with Crippen molar-refractivity contribution in [3.05, 3.63) is 76.7 Å². The van der Waals surface area contributed by atoms with Crippen molar-refractivity contribution in [1.29, 1.82) is 0 Å². The van der Waals surface area contributed by atoms with Crippen LogP contribution in [-0.2, 0) is 16.0 Å². The summed E-state index contributed by atoms with van der Waals surface area (Å²) in [7, 11) is -3.96. The molecule has 4 aromatic rings. The maximum Gasteiger partial charge on any atom is 0.573 e. The quantitative estimate of drug-likeness (QED) is 0.323. The molecular weight excluding hydrogens is 528 g/mol. The lowest BCUT2D eigenvalue weighted by Crippen LogP contribution is -2.25. The fourth-order valence-electron chi connectivity index (χ4n) is 3.45. The molecule has 2 aromatic carbocycles. The van der Waals surface area contributed by atoms with E-state index < -0.39 is 45.1 Å². The summed E-state index contributed by atoms with van der Waals surface area (Å²) in [5, 5.41) is 3.58. The van der Waals surface area contributed by atoms with Crippen molar-refractivity contribution in [3.8, 4) is 22.8 Å². The second-order valence-corrected chi connectivity index (χ2v) is 9.90. The molecule has 7 nitrogen and oxygen atoms in total. The number of ether oxygens (including phenoxy) is 1. The first-order valence-electron chi connectivity index (χ1n) is 10.4. The van der Waals surface area contributed by atoms with E-state index in [0.717, 1.165) is 30.5 Å². The first kappa shape index (κ1) is 26.1. The predicted molar refractivity (Wildman–Crippen MR) is 120 cm³/mol. The molecule has 0 atom stereocenters.